The molecule has 0 bridgehead atoms. The number of ether oxygens (including phenoxy) is 2. The molecule has 1 aromatic carbocycles. The number of nitrogens with zero attached hydrogens (tertiary/aromatic N) is 1. The third-order valence-corrected chi connectivity index (χ3v) is 3.90. The number of halogens is 1. The number of benzene rings is 1. The van der Waals surface area contributed by atoms with Crippen molar-refractivity contribution in [2.24, 2.45) is 4.99 Å². The van der Waals surface area contributed by atoms with Crippen molar-refractivity contribution in [1.29, 1.82) is 0 Å². The van der Waals surface area contributed by atoms with Crippen LogP contribution >= 0.6 is 11.6 Å². The Bertz CT molecular complexity index is 535. The number of unbranched alkanes of at least 4 members (excludes halogenated alkanes) is 2. The molecule has 2 N–H and O–H groups in total. The molecule has 0 spiro atoms. The molecule has 128 valence electrons. The molecular formula is C17H26ClN3O2. The Labute approximate surface area is 143 Å². The summed E-state index contributed by atoms with van der Waals surface area (Å²) in [5, 5.41) is 7.20. The highest BCUT2D eigenvalue weighted by molar-refractivity contribution is 6.32. The third kappa shape index (κ3) is 5.50. The molecule has 23 heavy (non-hydrogen) atoms. The smallest absolute Gasteiger partial charge is 0.191 e. The van der Waals surface area contributed by atoms with E-state index in [0.717, 1.165) is 36.7 Å². The molecule has 0 amide bonds. The Hall–Kier alpha value is -1.62. The number of hydrogen-bond donors (Lipinski definition) is 2. The Morgan fingerprint density at radius 2 is 2.04 bits per heavy atom. The van der Waals surface area contributed by atoms with Gasteiger partial charge in [0.15, 0.2) is 17.5 Å². The number of guanidine groups is 1. The highest BCUT2D eigenvalue weighted by atomic mass is 35.5. The van der Waals surface area contributed by atoms with Gasteiger partial charge >= 0.3 is 0 Å². The van der Waals surface area contributed by atoms with E-state index in [-0.39, 0.29) is 0 Å². The molecule has 0 fully saturated rings. The van der Waals surface area contributed by atoms with Crippen LogP contribution in [0.15, 0.2) is 17.1 Å². The fourth-order valence-corrected chi connectivity index (χ4v) is 2.66. The van der Waals surface area contributed by atoms with Crippen LogP contribution in [0.5, 0.6) is 11.5 Å². The first-order valence-corrected chi connectivity index (χ1v) is 8.65. The fraction of sp³-hybridized carbons (Fsp3) is 0.588. The number of fused-ring (bicyclic) bond motifs is 1. The SMILES string of the molecule is CCCCCNC(=NC)NCc1cc(Cl)c2c(c1)OCCCO2. The molecule has 0 atom stereocenters. The van der Waals surface area contributed by atoms with Crippen LogP contribution in [0, 0.1) is 0 Å². The number of hydrogen-bond acceptors (Lipinski definition) is 3. The molecule has 1 heterocycles. The van der Waals surface area contributed by atoms with Crippen molar-refractivity contribution in [1.82, 2.24) is 10.6 Å². The Balaban J connectivity index is 1.92. The standard InChI is InChI=1S/C17H26ClN3O2/c1-3-4-5-7-20-17(19-2)21-12-13-10-14(18)16-15(11-13)22-8-6-9-23-16/h10-11H,3-9,12H2,1-2H3,(H2,19,20,21). The lowest BCUT2D eigenvalue weighted by Crippen LogP contribution is -2.37. The Kier molecular flexibility index (Phi) is 7.33. The molecular weight excluding hydrogens is 314 g/mol. The van der Waals surface area contributed by atoms with Crippen LogP contribution < -0.4 is 20.1 Å². The first-order chi connectivity index (χ1) is 11.2. The van der Waals surface area contributed by atoms with Gasteiger partial charge in [-0.15, -0.1) is 0 Å². The van der Waals surface area contributed by atoms with Crippen molar-refractivity contribution in [3.8, 4) is 11.5 Å². The van der Waals surface area contributed by atoms with E-state index in [9.17, 15) is 0 Å². The maximum Gasteiger partial charge on any atom is 0.191 e. The molecule has 0 unspecified atom stereocenters. The van der Waals surface area contributed by atoms with E-state index in [1.807, 2.05) is 12.1 Å². The lowest BCUT2D eigenvalue weighted by atomic mass is 10.2. The molecule has 1 aliphatic rings. The monoisotopic (exact) mass is 339 g/mol. The van der Waals surface area contributed by atoms with E-state index < -0.39 is 0 Å². The average molecular weight is 340 g/mol. The number of aliphatic imine (C=N–C) groups is 1. The van der Waals surface area contributed by atoms with Crippen molar-refractivity contribution in [3.05, 3.63) is 22.7 Å². The van der Waals surface area contributed by atoms with Gasteiger partial charge in [-0.05, 0) is 24.1 Å². The maximum absolute atomic E-state index is 6.31. The number of nitrogens with one attached hydrogen (secondary N) is 2. The van der Waals surface area contributed by atoms with Crippen molar-refractivity contribution >= 4 is 17.6 Å². The molecule has 6 heteroatoms. The van der Waals surface area contributed by atoms with Crippen LogP contribution in [-0.2, 0) is 6.54 Å². The van der Waals surface area contributed by atoms with Crippen molar-refractivity contribution in [2.75, 3.05) is 26.8 Å². The zero-order chi connectivity index (χ0) is 16.5. The second-order valence-electron chi connectivity index (χ2n) is 5.52. The summed E-state index contributed by atoms with van der Waals surface area (Å²) in [4.78, 5) is 4.23. The Morgan fingerprint density at radius 1 is 1.22 bits per heavy atom. The second kappa shape index (κ2) is 9.50. The lowest BCUT2D eigenvalue weighted by Gasteiger charge is -2.14. The minimum absolute atomic E-state index is 0.590. The molecule has 2 rings (SSSR count). The van der Waals surface area contributed by atoms with Gasteiger partial charge in [0, 0.05) is 26.6 Å². The van der Waals surface area contributed by atoms with Gasteiger partial charge < -0.3 is 20.1 Å². The largest absolute Gasteiger partial charge is 0.489 e. The normalized spacial score (nSPS) is 14.3. The van der Waals surface area contributed by atoms with Gasteiger partial charge in [-0.1, -0.05) is 31.4 Å². The summed E-state index contributed by atoms with van der Waals surface area (Å²) in [5.74, 6) is 2.16. The molecule has 0 radical (unpaired) electrons. The van der Waals surface area contributed by atoms with Crippen molar-refractivity contribution in [3.63, 3.8) is 0 Å². The van der Waals surface area contributed by atoms with Gasteiger partial charge in [0.2, 0.25) is 0 Å². The Morgan fingerprint density at radius 3 is 2.83 bits per heavy atom. The van der Waals surface area contributed by atoms with Crippen LogP contribution in [0.3, 0.4) is 0 Å². The van der Waals surface area contributed by atoms with Gasteiger partial charge in [-0.25, -0.2) is 0 Å². The van der Waals surface area contributed by atoms with Gasteiger partial charge in [0.25, 0.3) is 0 Å². The summed E-state index contributed by atoms with van der Waals surface area (Å²) in [7, 11) is 1.77. The summed E-state index contributed by atoms with van der Waals surface area (Å²) in [6, 6.07) is 3.89. The quantitative estimate of drug-likeness (QED) is 0.474. The fourth-order valence-electron chi connectivity index (χ4n) is 2.37. The van der Waals surface area contributed by atoms with Gasteiger partial charge in [0.05, 0.1) is 18.2 Å². The second-order valence-corrected chi connectivity index (χ2v) is 5.92. The molecule has 0 saturated carbocycles. The zero-order valence-corrected chi connectivity index (χ0v) is 14.7. The van der Waals surface area contributed by atoms with Gasteiger partial charge in [-0.3, -0.25) is 4.99 Å². The van der Waals surface area contributed by atoms with E-state index in [0.29, 0.717) is 30.5 Å². The van der Waals surface area contributed by atoms with Gasteiger partial charge in [0.1, 0.15) is 0 Å². The summed E-state index contributed by atoms with van der Waals surface area (Å²) < 4.78 is 11.4. The first-order valence-electron chi connectivity index (χ1n) is 8.27. The third-order valence-electron chi connectivity index (χ3n) is 3.62. The van der Waals surface area contributed by atoms with Crippen molar-refractivity contribution in [2.45, 2.75) is 39.2 Å². The molecule has 0 aromatic heterocycles. The average Bonchev–Trinajstić information content (AvgIpc) is 2.80. The van der Waals surface area contributed by atoms with Gasteiger partial charge in [-0.2, -0.15) is 0 Å². The predicted molar refractivity (Wildman–Crippen MR) is 94.8 cm³/mol. The topological polar surface area (TPSA) is 54.9 Å². The highest BCUT2D eigenvalue weighted by Crippen LogP contribution is 2.37. The van der Waals surface area contributed by atoms with Crippen LogP contribution in [-0.4, -0.2) is 32.8 Å². The highest BCUT2D eigenvalue weighted by Gasteiger charge is 2.15. The minimum atomic E-state index is 0.590. The summed E-state index contributed by atoms with van der Waals surface area (Å²) in [6.07, 6.45) is 4.45. The minimum Gasteiger partial charge on any atom is -0.489 e. The summed E-state index contributed by atoms with van der Waals surface area (Å²) in [6.45, 7) is 5.04. The molecule has 0 aliphatic carbocycles. The number of rotatable bonds is 6. The van der Waals surface area contributed by atoms with Crippen LogP contribution in [0.2, 0.25) is 5.02 Å². The van der Waals surface area contributed by atoms with Crippen molar-refractivity contribution < 1.29 is 9.47 Å². The van der Waals surface area contributed by atoms with Crippen LogP contribution in [0.25, 0.3) is 0 Å². The summed E-state index contributed by atoms with van der Waals surface area (Å²) >= 11 is 6.31. The predicted octanol–water partition coefficient (Wildman–Crippen LogP) is 3.36. The molecule has 0 saturated heterocycles. The molecule has 1 aliphatic heterocycles. The molecule has 5 nitrogen and oxygen atoms in total. The summed E-state index contributed by atoms with van der Waals surface area (Å²) in [5.41, 5.74) is 1.04. The zero-order valence-electron chi connectivity index (χ0n) is 14.0. The van der Waals surface area contributed by atoms with E-state index in [4.69, 9.17) is 21.1 Å². The van der Waals surface area contributed by atoms with E-state index in [1.54, 1.807) is 7.05 Å². The maximum atomic E-state index is 6.31. The first kappa shape index (κ1) is 17.7. The lowest BCUT2D eigenvalue weighted by molar-refractivity contribution is 0.297. The van der Waals surface area contributed by atoms with E-state index in [2.05, 4.69) is 22.5 Å². The van der Waals surface area contributed by atoms with Crippen LogP contribution in [0.4, 0.5) is 0 Å². The van der Waals surface area contributed by atoms with E-state index in [1.165, 1.54) is 12.8 Å². The van der Waals surface area contributed by atoms with E-state index >= 15 is 0 Å². The molecule has 1 aromatic rings. The van der Waals surface area contributed by atoms with Crippen LogP contribution in [0.1, 0.15) is 38.2 Å².